The van der Waals surface area contributed by atoms with Crippen molar-refractivity contribution in [3.8, 4) is 0 Å². The molecule has 2 aromatic rings. The van der Waals surface area contributed by atoms with E-state index in [-0.39, 0.29) is 5.56 Å². The topological polar surface area (TPSA) is 17.1 Å². The monoisotopic (exact) mass is 268 g/mol. The summed E-state index contributed by atoms with van der Waals surface area (Å²) >= 11 is 0. The van der Waals surface area contributed by atoms with Crippen LogP contribution in [0, 0.1) is 23.3 Å². The van der Waals surface area contributed by atoms with Crippen molar-refractivity contribution in [2.45, 2.75) is 6.42 Å². The molecule has 5 heteroatoms. The average molecular weight is 268 g/mol. The fourth-order valence-corrected chi connectivity index (χ4v) is 1.71. The molecule has 0 aliphatic heterocycles. The van der Waals surface area contributed by atoms with Crippen molar-refractivity contribution in [1.29, 1.82) is 0 Å². The van der Waals surface area contributed by atoms with Crippen LogP contribution in [0.15, 0.2) is 36.4 Å². The number of hydrogen-bond acceptors (Lipinski definition) is 1. The van der Waals surface area contributed by atoms with Crippen LogP contribution in [0.3, 0.4) is 0 Å². The summed E-state index contributed by atoms with van der Waals surface area (Å²) in [5, 5.41) is 0. The minimum atomic E-state index is -1.29. The van der Waals surface area contributed by atoms with Crippen molar-refractivity contribution in [1.82, 2.24) is 0 Å². The molecule has 0 N–H and O–H groups in total. The Balaban J connectivity index is 2.34. The van der Waals surface area contributed by atoms with Gasteiger partial charge < -0.3 is 0 Å². The van der Waals surface area contributed by atoms with Crippen LogP contribution in [-0.4, -0.2) is 5.78 Å². The minimum Gasteiger partial charge on any atom is -0.294 e. The molecule has 0 unspecified atom stereocenters. The Kier molecular flexibility index (Phi) is 3.64. The molecule has 0 amide bonds. The maximum Gasteiger partial charge on any atom is 0.173 e. The lowest BCUT2D eigenvalue weighted by Crippen LogP contribution is -2.10. The van der Waals surface area contributed by atoms with E-state index in [4.69, 9.17) is 0 Å². The first-order valence-electron chi connectivity index (χ1n) is 5.40. The SMILES string of the molecule is O=C(Cc1ccccc1F)c1c(F)cc(F)cc1F. The van der Waals surface area contributed by atoms with Crippen LogP contribution >= 0.6 is 0 Å². The van der Waals surface area contributed by atoms with Gasteiger partial charge in [0.15, 0.2) is 5.78 Å². The summed E-state index contributed by atoms with van der Waals surface area (Å²) in [4.78, 5) is 11.8. The summed E-state index contributed by atoms with van der Waals surface area (Å²) in [5.74, 6) is -5.28. The molecule has 0 spiro atoms. The summed E-state index contributed by atoms with van der Waals surface area (Å²) in [7, 11) is 0. The van der Waals surface area contributed by atoms with Crippen LogP contribution in [0.5, 0.6) is 0 Å². The number of benzene rings is 2. The van der Waals surface area contributed by atoms with Gasteiger partial charge in [-0.1, -0.05) is 18.2 Å². The highest BCUT2D eigenvalue weighted by Crippen LogP contribution is 2.18. The molecule has 0 heterocycles. The molecule has 2 aromatic carbocycles. The molecule has 1 nitrogen and oxygen atoms in total. The maximum atomic E-state index is 13.4. The lowest BCUT2D eigenvalue weighted by molar-refractivity contribution is 0.0983. The van der Waals surface area contributed by atoms with E-state index in [1.807, 2.05) is 0 Å². The molecule has 0 fully saturated rings. The van der Waals surface area contributed by atoms with Crippen molar-refractivity contribution >= 4 is 5.78 Å². The predicted molar refractivity (Wildman–Crippen MR) is 60.8 cm³/mol. The molecule has 0 saturated heterocycles. The van der Waals surface area contributed by atoms with Crippen LogP contribution in [0.25, 0.3) is 0 Å². The van der Waals surface area contributed by atoms with E-state index in [1.54, 1.807) is 0 Å². The Morgan fingerprint density at radius 3 is 2.05 bits per heavy atom. The van der Waals surface area contributed by atoms with Crippen LogP contribution in [0.4, 0.5) is 17.6 Å². The number of halogens is 4. The third-order valence-electron chi connectivity index (χ3n) is 2.59. The number of ketones is 1. The van der Waals surface area contributed by atoms with Crippen molar-refractivity contribution < 1.29 is 22.4 Å². The molecule has 0 radical (unpaired) electrons. The number of carbonyl (C=O) groups is 1. The first-order valence-corrected chi connectivity index (χ1v) is 5.40. The molecular weight excluding hydrogens is 260 g/mol. The van der Waals surface area contributed by atoms with Crippen LogP contribution in [0.2, 0.25) is 0 Å². The Labute approximate surface area is 106 Å². The van der Waals surface area contributed by atoms with E-state index in [0.29, 0.717) is 12.1 Å². The van der Waals surface area contributed by atoms with Crippen LogP contribution < -0.4 is 0 Å². The molecule has 98 valence electrons. The highest BCUT2D eigenvalue weighted by Gasteiger charge is 2.20. The van der Waals surface area contributed by atoms with E-state index in [9.17, 15) is 22.4 Å². The Morgan fingerprint density at radius 1 is 0.895 bits per heavy atom. The minimum absolute atomic E-state index is 0.0237. The number of Topliss-reactive ketones (excluding diaryl/α,β-unsaturated/α-hetero) is 1. The van der Waals surface area contributed by atoms with Crippen molar-refractivity contribution in [2.75, 3.05) is 0 Å². The molecule has 0 bridgehead atoms. The number of hydrogen-bond donors (Lipinski definition) is 0. The summed E-state index contributed by atoms with van der Waals surface area (Å²) in [6.07, 6.45) is -0.494. The third-order valence-corrected chi connectivity index (χ3v) is 2.59. The highest BCUT2D eigenvalue weighted by atomic mass is 19.1. The Bertz CT molecular complexity index is 614. The summed E-state index contributed by atoms with van der Waals surface area (Å²) in [5.41, 5.74) is -0.833. The lowest BCUT2D eigenvalue weighted by Gasteiger charge is -2.05. The van der Waals surface area contributed by atoms with Gasteiger partial charge in [-0.15, -0.1) is 0 Å². The molecule has 0 aromatic heterocycles. The van der Waals surface area contributed by atoms with Gasteiger partial charge >= 0.3 is 0 Å². The number of carbonyl (C=O) groups excluding carboxylic acids is 1. The zero-order chi connectivity index (χ0) is 14.0. The molecular formula is C14H8F4O. The second-order valence-corrected chi connectivity index (χ2v) is 3.94. The molecule has 2 rings (SSSR count). The summed E-state index contributed by atoms with van der Waals surface area (Å²) in [6, 6.07) is 6.24. The molecule has 0 atom stereocenters. The van der Waals surface area contributed by atoms with Crippen molar-refractivity contribution in [3.63, 3.8) is 0 Å². The fourth-order valence-electron chi connectivity index (χ4n) is 1.71. The molecule has 0 saturated carbocycles. The zero-order valence-electron chi connectivity index (χ0n) is 9.59. The van der Waals surface area contributed by atoms with Gasteiger partial charge in [0.2, 0.25) is 0 Å². The largest absolute Gasteiger partial charge is 0.294 e. The predicted octanol–water partition coefficient (Wildman–Crippen LogP) is 3.67. The second-order valence-electron chi connectivity index (χ2n) is 3.94. The average Bonchev–Trinajstić information content (AvgIpc) is 2.30. The van der Waals surface area contributed by atoms with Gasteiger partial charge in [-0.3, -0.25) is 4.79 Å². The first kappa shape index (κ1) is 13.3. The highest BCUT2D eigenvalue weighted by molar-refractivity contribution is 5.98. The van der Waals surface area contributed by atoms with Gasteiger partial charge in [0.25, 0.3) is 0 Å². The Hall–Kier alpha value is -2.17. The smallest absolute Gasteiger partial charge is 0.173 e. The van der Waals surface area contributed by atoms with Crippen molar-refractivity contribution in [3.05, 3.63) is 70.8 Å². The molecule has 0 aliphatic carbocycles. The van der Waals surface area contributed by atoms with E-state index < -0.39 is 41.0 Å². The fraction of sp³-hybridized carbons (Fsp3) is 0.0714. The van der Waals surface area contributed by atoms with Gasteiger partial charge in [-0.2, -0.15) is 0 Å². The quantitative estimate of drug-likeness (QED) is 0.613. The summed E-state index contributed by atoms with van der Waals surface area (Å²) < 4.78 is 52.8. The van der Waals surface area contributed by atoms with Crippen molar-refractivity contribution in [2.24, 2.45) is 0 Å². The van der Waals surface area contributed by atoms with Crippen LogP contribution in [0.1, 0.15) is 15.9 Å². The standard InChI is InChI=1S/C14H8F4O/c15-9-6-11(17)14(12(18)7-9)13(19)5-8-3-1-2-4-10(8)16/h1-4,6-7H,5H2. The number of rotatable bonds is 3. The first-order chi connectivity index (χ1) is 8.99. The van der Waals surface area contributed by atoms with E-state index in [2.05, 4.69) is 0 Å². The van der Waals surface area contributed by atoms with Crippen LogP contribution in [-0.2, 0) is 6.42 Å². The van der Waals surface area contributed by atoms with E-state index in [1.165, 1.54) is 18.2 Å². The maximum absolute atomic E-state index is 13.4. The van der Waals surface area contributed by atoms with Gasteiger partial charge in [-0.25, -0.2) is 17.6 Å². The van der Waals surface area contributed by atoms with Gasteiger partial charge in [0, 0.05) is 18.6 Å². The Morgan fingerprint density at radius 2 is 1.47 bits per heavy atom. The molecule has 0 aliphatic rings. The van der Waals surface area contributed by atoms with E-state index in [0.717, 1.165) is 6.07 Å². The van der Waals surface area contributed by atoms with E-state index >= 15 is 0 Å². The third kappa shape index (κ3) is 2.81. The second kappa shape index (κ2) is 5.22. The van der Waals surface area contributed by atoms with Gasteiger partial charge in [0.1, 0.15) is 23.3 Å². The zero-order valence-corrected chi connectivity index (χ0v) is 9.59. The molecule has 19 heavy (non-hydrogen) atoms. The van der Waals surface area contributed by atoms with Gasteiger partial charge in [-0.05, 0) is 11.6 Å². The lowest BCUT2D eigenvalue weighted by atomic mass is 10.0. The normalized spacial score (nSPS) is 10.5. The van der Waals surface area contributed by atoms with Gasteiger partial charge in [0.05, 0.1) is 5.56 Å². The summed E-state index contributed by atoms with van der Waals surface area (Å²) in [6.45, 7) is 0.